The van der Waals surface area contributed by atoms with Crippen molar-refractivity contribution in [2.24, 2.45) is 11.7 Å². The van der Waals surface area contributed by atoms with Crippen LogP contribution >= 0.6 is 12.4 Å². The Morgan fingerprint density at radius 3 is 2.47 bits per heavy atom. The Hall–Kier alpha value is -1.46. The lowest BCUT2D eigenvalue weighted by atomic mass is 10.1. The van der Waals surface area contributed by atoms with Crippen molar-refractivity contribution in [1.82, 2.24) is 15.1 Å². The van der Waals surface area contributed by atoms with Crippen LogP contribution in [0.4, 0.5) is 0 Å². The van der Waals surface area contributed by atoms with Crippen LogP contribution in [0.1, 0.15) is 25.8 Å². The summed E-state index contributed by atoms with van der Waals surface area (Å²) in [6.07, 6.45) is 3.38. The van der Waals surface area contributed by atoms with Gasteiger partial charge in [-0.15, -0.1) is 12.4 Å². The van der Waals surface area contributed by atoms with Gasteiger partial charge in [-0.25, -0.2) is 0 Å². The Kier molecular flexibility index (Phi) is 4.60. The largest absolute Gasteiger partial charge is 0.337 e. The number of nitrogens with zero attached hydrogens (tertiary/aromatic N) is 3. The van der Waals surface area contributed by atoms with Crippen LogP contribution in [0.2, 0.25) is 0 Å². The van der Waals surface area contributed by atoms with Crippen LogP contribution in [0.25, 0.3) is 11.4 Å². The van der Waals surface area contributed by atoms with Crippen LogP contribution in [0.3, 0.4) is 0 Å². The van der Waals surface area contributed by atoms with Gasteiger partial charge in [-0.1, -0.05) is 19.0 Å². The molecule has 2 aromatic rings. The molecule has 0 saturated carbocycles. The predicted octanol–water partition coefficient (Wildman–Crippen LogP) is 2.21. The van der Waals surface area contributed by atoms with E-state index < -0.39 is 0 Å². The zero-order valence-electron chi connectivity index (χ0n) is 9.70. The summed E-state index contributed by atoms with van der Waals surface area (Å²) in [5.41, 5.74) is 6.80. The van der Waals surface area contributed by atoms with E-state index in [1.165, 1.54) is 0 Å². The summed E-state index contributed by atoms with van der Waals surface area (Å²) < 4.78 is 5.14. The highest BCUT2D eigenvalue weighted by molar-refractivity contribution is 5.85. The van der Waals surface area contributed by atoms with Crippen LogP contribution in [0, 0.1) is 5.92 Å². The van der Waals surface area contributed by atoms with Crippen molar-refractivity contribution in [3.8, 4) is 11.4 Å². The highest BCUT2D eigenvalue weighted by atomic mass is 35.5. The summed E-state index contributed by atoms with van der Waals surface area (Å²) in [5.74, 6) is 1.29. The van der Waals surface area contributed by atoms with Gasteiger partial charge in [0.05, 0.1) is 6.04 Å². The van der Waals surface area contributed by atoms with Gasteiger partial charge < -0.3 is 10.3 Å². The first kappa shape index (κ1) is 13.6. The summed E-state index contributed by atoms with van der Waals surface area (Å²) in [6.45, 7) is 4.03. The van der Waals surface area contributed by atoms with Crippen molar-refractivity contribution in [3.05, 3.63) is 30.4 Å². The first-order valence-electron chi connectivity index (χ1n) is 5.18. The Labute approximate surface area is 106 Å². The van der Waals surface area contributed by atoms with Crippen molar-refractivity contribution in [1.29, 1.82) is 0 Å². The van der Waals surface area contributed by atoms with E-state index in [2.05, 4.69) is 15.1 Å². The second-order valence-electron chi connectivity index (χ2n) is 3.96. The van der Waals surface area contributed by atoms with Gasteiger partial charge in [-0.3, -0.25) is 4.98 Å². The molecule has 0 radical (unpaired) electrons. The van der Waals surface area contributed by atoms with E-state index in [0.717, 1.165) is 5.56 Å². The Morgan fingerprint density at radius 1 is 1.24 bits per heavy atom. The molecule has 0 aromatic carbocycles. The van der Waals surface area contributed by atoms with Crippen molar-refractivity contribution in [2.75, 3.05) is 0 Å². The topological polar surface area (TPSA) is 77.8 Å². The molecule has 0 bridgehead atoms. The lowest BCUT2D eigenvalue weighted by Gasteiger charge is -2.09. The molecular weight excluding hydrogens is 240 g/mol. The van der Waals surface area contributed by atoms with E-state index in [9.17, 15) is 0 Å². The first-order valence-corrected chi connectivity index (χ1v) is 5.18. The number of rotatable bonds is 3. The molecule has 0 amide bonds. The minimum Gasteiger partial charge on any atom is -0.337 e. The smallest absolute Gasteiger partial charge is 0.244 e. The lowest BCUT2D eigenvalue weighted by molar-refractivity contribution is 0.325. The zero-order chi connectivity index (χ0) is 11.5. The first-order chi connectivity index (χ1) is 7.68. The maximum Gasteiger partial charge on any atom is 0.244 e. The van der Waals surface area contributed by atoms with Crippen molar-refractivity contribution >= 4 is 12.4 Å². The van der Waals surface area contributed by atoms with E-state index in [4.69, 9.17) is 10.3 Å². The van der Waals surface area contributed by atoms with Crippen LogP contribution in [-0.2, 0) is 0 Å². The molecule has 0 saturated heterocycles. The highest BCUT2D eigenvalue weighted by Gasteiger charge is 2.18. The SMILES string of the molecule is CC(C)C(N)c1nc(-c2ccncc2)no1.Cl. The Bertz CT molecular complexity index is 458. The molecule has 1 atom stereocenters. The number of aromatic nitrogens is 3. The zero-order valence-corrected chi connectivity index (χ0v) is 10.5. The molecule has 0 aliphatic carbocycles. The molecule has 0 spiro atoms. The Morgan fingerprint density at radius 2 is 1.88 bits per heavy atom. The third-order valence-corrected chi connectivity index (χ3v) is 2.38. The minimum atomic E-state index is -0.219. The lowest BCUT2D eigenvalue weighted by Crippen LogP contribution is -2.16. The third kappa shape index (κ3) is 3.01. The van der Waals surface area contributed by atoms with Crippen LogP contribution in [0.15, 0.2) is 29.0 Å². The molecule has 92 valence electrons. The number of pyridine rings is 1. The van der Waals surface area contributed by atoms with E-state index in [0.29, 0.717) is 11.7 Å². The van der Waals surface area contributed by atoms with Gasteiger partial charge in [0.15, 0.2) is 0 Å². The van der Waals surface area contributed by atoms with Gasteiger partial charge in [-0.2, -0.15) is 4.98 Å². The maximum absolute atomic E-state index is 5.92. The fourth-order valence-corrected chi connectivity index (χ4v) is 1.27. The normalized spacial score (nSPS) is 12.2. The molecule has 0 aliphatic heterocycles. The van der Waals surface area contributed by atoms with Crippen LogP contribution in [0.5, 0.6) is 0 Å². The fourth-order valence-electron chi connectivity index (χ4n) is 1.27. The van der Waals surface area contributed by atoms with Gasteiger partial charge in [0.1, 0.15) is 0 Å². The summed E-state index contributed by atoms with van der Waals surface area (Å²) in [4.78, 5) is 8.20. The molecule has 2 N–H and O–H groups in total. The van der Waals surface area contributed by atoms with Gasteiger partial charge in [0, 0.05) is 18.0 Å². The fraction of sp³-hybridized carbons (Fsp3) is 0.364. The summed E-state index contributed by atoms with van der Waals surface area (Å²) in [6, 6.07) is 3.44. The van der Waals surface area contributed by atoms with Crippen molar-refractivity contribution < 1.29 is 4.52 Å². The van der Waals surface area contributed by atoms with Gasteiger partial charge in [0.25, 0.3) is 0 Å². The standard InChI is InChI=1S/C11H14N4O.ClH/c1-7(2)9(12)11-14-10(15-16-11)8-3-5-13-6-4-8;/h3-7,9H,12H2,1-2H3;1H. The molecule has 17 heavy (non-hydrogen) atoms. The van der Waals surface area contributed by atoms with Gasteiger partial charge in [0.2, 0.25) is 11.7 Å². The average Bonchev–Trinajstić information content (AvgIpc) is 2.78. The molecule has 2 rings (SSSR count). The highest BCUT2D eigenvalue weighted by Crippen LogP contribution is 2.20. The molecular formula is C11H15ClN4O. The second-order valence-corrected chi connectivity index (χ2v) is 3.96. The van der Waals surface area contributed by atoms with Gasteiger partial charge >= 0.3 is 0 Å². The number of nitrogens with two attached hydrogens (primary N) is 1. The van der Waals surface area contributed by atoms with E-state index in [1.54, 1.807) is 12.4 Å². The van der Waals surface area contributed by atoms with E-state index in [1.807, 2.05) is 26.0 Å². The van der Waals surface area contributed by atoms with E-state index >= 15 is 0 Å². The van der Waals surface area contributed by atoms with Crippen LogP contribution < -0.4 is 5.73 Å². The summed E-state index contributed by atoms with van der Waals surface area (Å²) in [5, 5.41) is 3.90. The van der Waals surface area contributed by atoms with E-state index in [-0.39, 0.29) is 24.4 Å². The molecule has 1 unspecified atom stereocenters. The summed E-state index contributed by atoms with van der Waals surface area (Å²) in [7, 11) is 0. The third-order valence-electron chi connectivity index (χ3n) is 2.38. The second kappa shape index (κ2) is 5.75. The predicted molar refractivity (Wildman–Crippen MR) is 66.5 cm³/mol. The number of hydrogen-bond acceptors (Lipinski definition) is 5. The number of hydrogen-bond donors (Lipinski definition) is 1. The van der Waals surface area contributed by atoms with Gasteiger partial charge in [-0.05, 0) is 18.1 Å². The van der Waals surface area contributed by atoms with Crippen molar-refractivity contribution in [2.45, 2.75) is 19.9 Å². The number of halogens is 1. The van der Waals surface area contributed by atoms with Crippen molar-refractivity contribution in [3.63, 3.8) is 0 Å². The molecule has 6 heteroatoms. The maximum atomic E-state index is 5.92. The molecule has 2 aromatic heterocycles. The quantitative estimate of drug-likeness (QED) is 0.909. The van der Waals surface area contributed by atoms with Crippen LogP contribution in [-0.4, -0.2) is 15.1 Å². The molecule has 5 nitrogen and oxygen atoms in total. The molecule has 2 heterocycles. The Balaban J connectivity index is 0.00000144. The molecule has 0 aliphatic rings. The monoisotopic (exact) mass is 254 g/mol. The molecule has 0 fully saturated rings. The average molecular weight is 255 g/mol. The minimum absolute atomic E-state index is 0. The summed E-state index contributed by atoms with van der Waals surface area (Å²) >= 11 is 0.